The largest absolute Gasteiger partial charge is 0.477 e. The van der Waals surface area contributed by atoms with E-state index < -0.39 is 23.5 Å². The van der Waals surface area contributed by atoms with Gasteiger partial charge in [0.15, 0.2) is 0 Å². The van der Waals surface area contributed by atoms with Gasteiger partial charge in [0, 0.05) is 11.8 Å². The number of nitrogens with one attached hydrogen (secondary N) is 1. The lowest BCUT2D eigenvalue weighted by Gasteiger charge is -2.12. The van der Waals surface area contributed by atoms with E-state index in [2.05, 4.69) is 4.98 Å². The number of H-pyrrole nitrogens is 1. The summed E-state index contributed by atoms with van der Waals surface area (Å²) in [5, 5.41) is 8.88. The number of hydrogen-bond acceptors (Lipinski definition) is 1. The van der Waals surface area contributed by atoms with Crippen LogP contribution < -0.4 is 0 Å². The van der Waals surface area contributed by atoms with E-state index in [4.69, 9.17) is 5.11 Å². The molecule has 0 aliphatic carbocycles. The van der Waals surface area contributed by atoms with Crippen molar-refractivity contribution in [2.75, 3.05) is 0 Å². The lowest BCUT2D eigenvalue weighted by Crippen LogP contribution is -2.09. The van der Waals surface area contributed by atoms with Gasteiger partial charge in [-0.2, -0.15) is 13.2 Å². The molecular weight excluding hydrogens is 266 g/mol. The van der Waals surface area contributed by atoms with Gasteiger partial charge in [0.1, 0.15) is 11.5 Å². The second-order valence-electron chi connectivity index (χ2n) is 3.76. The van der Waals surface area contributed by atoms with E-state index >= 15 is 0 Å². The van der Waals surface area contributed by atoms with Gasteiger partial charge in [0.25, 0.3) is 0 Å². The standard InChI is InChI=1S/C12H7F4NO2/c13-6-1-2-7(9(5-6)12(14,15)16)8-3-4-17-10(8)11(18)19/h1-5,17H,(H,18,19). The average molecular weight is 273 g/mol. The predicted octanol–water partition coefficient (Wildman–Crippen LogP) is 3.54. The lowest BCUT2D eigenvalue weighted by molar-refractivity contribution is -0.137. The third kappa shape index (κ3) is 2.44. The van der Waals surface area contributed by atoms with Gasteiger partial charge in [-0.3, -0.25) is 0 Å². The van der Waals surface area contributed by atoms with Crippen molar-refractivity contribution in [2.24, 2.45) is 0 Å². The molecule has 0 atom stereocenters. The fourth-order valence-electron chi connectivity index (χ4n) is 1.76. The predicted molar refractivity (Wildman–Crippen MR) is 58.1 cm³/mol. The molecule has 19 heavy (non-hydrogen) atoms. The molecule has 2 aromatic rings. The number of aromatic amines is 1. The molecule has 0 unspecified atom stereocenters. The minimum absolute atomic E-state index is 0.139. The highest BCUT2D eigenvalue weighted by Gasteiger charge is 2.35. The van der Waals surface area contributed by atoms with Crippen LogP contribution in [0.1, 0.15) is 16.1 Å². The minimum Gasteiger partial charge on any atom is -0.477 e. The van der Waals surface area contributed by atoms with Gasteiger partial charge < -0.3 is 10.1 Å². The summed E-state index contributed by atoms with van der Waals surface area (Å²) in [4.78, 5) is 13.2. The zero-order chi connectivity index (χ0) is 14.2. The van der Waals surface area contributed by atoms with Crippen molar-refractivity contribution in [1.29, 1.82) is 0 Å². The van der Waals surface area contributed by atoms with E-state index in [0.717, 1.165) is 12.1 Å². The Morgan fingerprint density at radius 1 is 1.16 bits per heavy atom. The molecule has 0 amide bonds. The van der Waals surface area contributed by atoms with E-state index in [1.54, 1.807) is 0 Å². The van der Waals surface area contributed by atoms with Crippen LogP contribution in [0.4, 0.5) is 17.6 Å². The molecule has 0 spiro atoms. The highest BCUT2D eigenvalue weighted by molar-refractivity contribution is 5.94. The van der Waals surface area contributed by atoms with Gasteiger partial charge in [-0.25, -0.2) is 9.18 Å². The molecule has 2 N–H and O–H groups in total. The zero-order valence-electron chi connectivity index (χ0n) is 9.25. The third-order valence-corrected chi connectivity index (χ3v) is 2.54. The van der Waals surface area contributed by atoms with Gasteiger partial charge in [0.05, 0.1) is 5.56 Å². The monoisotopic (exact) mass is 273 g/mol. The van der Waals surface area contributed by atoms with E-state index in [9.17, 15) is 22.4 Å². The molecule has 0 saturated heterocycles. The quantitative estimate of drug-likeness (QED) is 0.822. The van der Waals surface area contributed by atoms with Crippen molar-refractivity contribution in [3.05, 3.63) is 47.5 Å². The highest BCUT2D eigenvalue weighted by atomic mass is 19.4. The SMILES string of the molecule is O=C(O)c1[nH]ccc1-c1ccc(F)cc1C(F)(F)F. The molecule has 7 heteroatoms. The van der Waals surface area contributed by atoms with E-state index in [1.807, 2.05) is 0 Å². The van der Waals surface area contributed by atoms with Crippen LogP contribution in [0.2, 0.25) is 0 Å². The molecule has 3 nitrogen and oxygen atoms in total. The van der Waals surface area contributed by atoms with E-state index in [-0.39, 0.29) is 16.8 Å². The number of aromatic carboxylic acids is 1. The summed E-state index contributed by atoms with van der Waals surface area (Å²) in [5.41, 5.74) is -2.11. The smallest absolute Gasteiger partial charge is 0.417 e. The van der Waals surface area contributed by atoms with Crippen LogP contribution in [-0.4, -0.2) is 16.1 Å². The van der Waals surface area contributed by atoms with Crippen LogP contribution in [0, 0.1) is 5.82 Å². The summed E-state index contributed by atoms with van der Waals surface area (Å²) in [6.07, 6.45) is -3.56. The Balaban J connectivity index is 2.69. The Morgan fingerprint density at radius 3 is 2.42 bits per heavy atom. The fraction of sp³-hybridized carbons (Fsp3) is 0.0833. The molecular formula is C12H7F4NO2. The Morgan fingerprint density at radius 2 is 1.84 bits per heavy atom. The zero-order valence-corrected chi connectivity index (χ0v) is 9.25. The molecule has 0 saturated carbocycles. The lowest BCUT2D eigenvalue weighted by atomic mass is 9.99. The third-order valence-electron chi connectivity index (χ3n) is 2.54. The molecule has 100 valence electrons. The van der Waals surface area contributed by atoms with Crippen molar-refractivity contribution in [1.82, 2.24) is 4.98 Å². The van der Waals surface area contributed by atoms with Crippen LogP contribution >= 0.6 is 0 Å². The minimum atomic E-state index is -4.77. The number of alkyl halides is 3. The Bertz CT molecular complexity index is 631. The van der Waals surface area contributed by atoms with Gasteiger partial charge in [-0.1, -0.05) is 6.07 Å². The number of rotatable bonds is 2. The maximum absolute atomic E-state index is 13.0. The summed E-state index contributed by atoms with van der Waals surface area (Å²) in [6.45, 7) is 0. The highest BCUT2D eigenvalue weighted by Crippen LogP contribution is 2.38. The molecule has 1 aromatic carbocycles. The van der Waals surface area contributed by atoms with Gasteiger partial charge in [-0.15, -0.1) is 0 Å². The summed E-state index contributed by atoms with van der Waals surface area (Å²) < 4.78 is 51.4. The molecule has 0 fully saturated rings. The average Bonchev–Trinajstić information content (AvgIpc) is 2.76. The van der Waals surface area contributed by atoms with Crippen LogP contribution in [0.25, 0.3) is 11.1 Å². The summed E-state index contributed by atoms with van der Waals surface area (Å²) in [6, 6.07) is 3.30. The number of aromatic nitrogens is 1. The summed E-state index contributed by atoms with van der Waals surface area (Å²) >= 11 is 0. The van der Waals surface area contributed by atoms with Crippen LogP contribution in [-0.2, 0) is 6.18 Å². The second kappa shape index (κ2) is 4.42. The fourth-order valence-corrected chi connectivity index (χ4v) is 1.76. The first-order chi connectivity index (χ1) is 8.80. The van der Waals surface area contributed by atoms with Crippen molar-refractivity contribution >= 4 is 5.97 Å². The normalized spacial score (nSPS) is 11.6. The first-order valence-electron chi connectivity index (χ1n) is 5.08. The second-order valence-corrected chi connectivity index (χ2v) is 3.76. The van der Waals surface area contributed by atoms with Gasteiger partial charge in [0.2, 0.25) is 0 Å². The Labute approximate surface area is 104 Å². The molecule has 0 aliphatic rings. The number of hydrogen-bond donors (Lipinski definition) is 2. The number of carboxylic acid groups (broad SMARTS) is 1. The molecule has 0 aliphatic heterocycles. The van der Waals surface area contributed by atoms with Crippen LogP contribution in [0.3, 0.4) is 0 Å². The van der Waals surface area contributed by atoms with Gasteiger partial charge >= 0.3 is 12.1 Å². The first kappa shape index (κ1) is 13.1. The van der Waals surface area contributed by atoms with Gasteiger partial charge in [-0.05, 0) is 23.8 Å². The summed E-state index contributed by atoms with van der Waals surface area (Å²) in [5.74, 6) is -2.43. The van der Waals surface area contributed by atoms with E-state index in [0.29, 0.717) is 6.07 Å². The van der Waals surface area contributed by atoms with Crippen LogP contribution in [0.5, 0.6) is 0 Å². The Kier molecular flexibility index (Phi) is 3.05. The molecule has 1 heterocycles. The molecule has 0 radical (unpaired) electrons. The topological polar surface area (TPSA) is 53.1 Å². The molecule has 2 rings (SSSR count). The Hall–Kier alpha value is -2.31. The van der Waals surface area contributed by atoms with E-state index in [1.165, 1.54) is 12.3 Å². The maximum atomic E-state index is 13.0. The number of carbonyl (C=O) groups is 1. The number of benzene rings is 1. The van der Waals surface area contributed by atoms with Crippen LogP contribution in [0.15, 0.2) is 30.5 Å². The molecule has 0 bridgehead atoms. The number of halogens is 4. The first-order valence-corrected chi connectivity index (χ1v) is 5.08. The van der Waals surface area contributed by atoms with Crippen molar-refractivity contribution in [3.8, 4) is 11.1 Å². The number of carboxylic acids is 1. The van der Waals surface area contributed by atoms with Crippen molar-refractivity contribution in [2.45, 2.75) is 6.18 Å². The summed E-state index contributed by atoms with van der Waals surface area (Å²) in [7, 11) is 0. The maximum Gasteiger partial charge on any atom is 0.417 e. The van der Waals surface area contributed by atoms with Crippen molar-refractivity contribution in [3.63, 3.8) is 0 Å². The molecule has 1 aromatic heterocycles. The van der Waals surface area contributed by atoms with Crippen molar-refractivity contribution < 1.29 is 27.5 Å².